The first-order valence-corrected chi connectivity index (χ1v) is 13.6. The molecule has 0 bridgehead atoms. The SMILES string of the molecule is COc1ccc(N(Cc2ccccc2C)C2CCN([C@H](C)CCNC(=O)c3c(C)ccnc3N)CC2)cc1. The molecule has 2 heterocycles. The third-order valence-corrected chi connectivity index (χ3v) is 7.83. The lowest BCUT2D eigenvalue weighted by atomic mass is 9.98. The number of nitrogens with two attached hydrogens (primary N) is 1. The molecular weight excluding hydrogens is 474 g/mol. The van der Waals surface area contributed by atoms with Gasteiger partial charge in [0.15, 0.2) is 0 Å². The Morgan fingerprint density at radius 2 is 1.82 bits per heavy atom. The summed E-state index contributed by atoms with van der Waals surface area (Å²) in [5.74, 6) is 1.01. The van der Waals surface area contributed by atoms with E-state index in [-0.39, 0.29) is 11.7 Å². The molecule has 3 N–H and O–H groups in total. The van der Waals surface area contributed by atoms with Crippen molar-refractivity contribution in [1.82, 2.24) is 15.2 Å². The van der Waals surface area contributed by atoms with Gasteiger partial charge in [0.05, 0.1) is 12.7 Å². The Morgan fingerprint density at radius 3 is 2.47 bits per heavy atom. The third-order valence-electron chi connectivity index (χ3n) is 7.83. The number of likely N-dealkylation sites (tertiary alicyclic amines) is 1. The van der Waals surface area contributed by atoms with Crippen LogP contribution in [0.5, 0.6) is 5.75 Å². The average Bonchev–Trinajstić information content (AvgIpc) is 2.93. The van der Waals surface area contributed by atoms with Crippen molar-refractivity contribution < 1.29 is 9.53 Å². The standard InChI is InChI=1S/C31H41N5O2/c1-22-7-5-6-8-25(22)21-36(26-9-11-28(38-4)12-10-26)27-15-19-35(20-16-27)24(3)14-18-34-31(37)29-23(2)13-17-33-30(29)32/h5-13,17,24,27H,14-16,18-21H2,1-4H3,(H2,32,33)(H,34,37)/t24-/m1/s1. The van der Waals surface area contributed by atoms with Gasteiger partial charge in [0.2, 0.25) is 0 Å². The van der Waals surface area contributed by atoms with Gasteiger partial charge in [0.25, 0.3) is 5.91 Å². The molecule has 1 saturated heterocycles. The molecular formula is C31H41N5O2. The van der Waals surface area contributed by atoms with Gasteiger partial charge < -0.3 is 25.6 Å². The van der Waals surface area contributed by atoms with Crippen molar-refractivity contribution in [2.75, 3.05) is 37.4 Å². The lowest BCUT2D eigenvalue weighted by Gasteiger charge is -2.42. The van der Waals surface area contributed by atoms with Crippen molar-refractivity contribution in [3.8, 4) is 5.75 Å². The maximum Gasteiger partial charge on any atom is 0.255 e. The molecule has 3 aromatic rings. The lowest BCUT2D eigenvalue weighted by Crippen LogP contribution is -2.48. The molecule has 0 spiro atoms. The molecule has 0 unspecified atom stereocenters. The van der Waals surface area contributed by atoms with Crippen molar-refractivity contribution in [3.63, 3.8) is 0 Å². The van der Waals surface area contributed by atoms with E-state index in [2.05, 4.69) is 70.3 Å². The summed E-state index contributed by atoms with van der Waals surface area (Å²) in [5, 5.41) is 3.04. The fourth-order valence-corrected chi connectivity index (χ4v) is 5.35. The van der Waals surface area contributed by atoms with Gasteiger partial charge in [0.1, 0.15) is 11.6 Å². The van der Waals surface area contributed by atoms with Crippen LogP contribution in [0.1, 0.15) is 53.2 Å². The second-order valence-corrected chi connectivity index (χ2v) is 10.3. The summed E-state index contributed by atoms with van der Waals surface area (Å²) in [6.45, 7) is 9.90. The van der Waals surface area contributed by atoms with E-state index >= 15 is 0 Å². The Hall–Kier alpha value is -3.58. The number of aryl methyl sites for hydroxylation is 2. The number of methoxy groups -OCH3 is 1. The summed E-state index contributed by atoms with van der Waals surface area (Å²) in [7, 11) is 1.71. The highest BCUT2D eigenvalue weighted by molar-refractivity contribution is 5.99. The minimum Gasteiger partial charge on any atom is -0.497 e. The Kier molecular flexibility index (Phi) is 9.24. The molecule has 1 fully saturated rings. The van der Waals surface area contributed by atoms with Gasteiger partial charge in [-0.15, -0.1) is 0 Å². The van der Waals surface area contributed by atoms with Gasteiger partial charge in [0, 0.05) is 50.1 Å². The summed E-state index contributed by atoms with van der Waals surface area (Å²) >= 11 is 0. The number of benzene rings is 2. The zero-order chi connectivity index (χ0) is 27.1. The van der Waals surface area contributed by atoms with Crippen LogP contribution in [-0.2, 0) is 6.54 Å². The Bertz CT molecular complexity index is 1180. The second kappa shape index (κ2) is 12.8. The summed E-state index contributed by atoms with van der Waals surface area (Å²) < 4.78 is 5.40. The minimum absolute atomic E-state index is 0.148. The lowest BCUT2D eigenvalue weighted by molar-refractivity contribution is 0.0945. The van der Waals surface area contributed by atoms with Crippen LogP contribution in [0.3, 0.4) is 0 Å². The Labute approximate surface area is 227 Å². The highest BCUT2D eigenvalue weighted by Crippen LogP contribution is 2.29. The van der Waals surface area contributed by atoms with Crippen LogP contribution in [0.15, 0.2) is 60.8 Å². The van der Waals surface area contributed by atoms with Gasteiger partial charge in [-0.25, -0.2) is 4.98 Å². The van der Waals surface area contributed by atoms with E-state index in [1.165, 1.54) is 16.8 Å². The van der Waals surface area contributed by atoms with Crippen molar-refractivity contribution >= 4 is 17.4 Å². The number of amides is 1. The van der Waals surface area contributed by atoms with Gasteiger partial charge in [-0.3, -0.25) is 4.79 Å². The number of carbonyl (C=O) groups is 1. The molecule has 1 aromatic heterocycles. The first-order valence-electron chi connectivity index (χ1n) is 13.6. The van der Waals surface area contributed by atoms with Crippen molar-refractivity contribution in [2.45, 2.75) is 58.7 Å². The van der Waals surface area contributed by atoms with Crippen molar-refractivity contribution in [2.24, 2.45) is 0 Å². The number of carbonyl (C=O) groups excluding carboxylic acids is 1. The zero-order valence-corrected chi connectivity index (χ0v) is 23.1. The molecule has 1 atom stereocenters. The van der Waals surface area contributed by atoms with Crippen LogP contribution in [0, 0.1) is 13.8 Å². The van der Waals surface area contributed by atoms with E-state index in [1.807, 2.05) is 25.1 Å². The molecule has 2 aromatic carbocycles. The molecule has 0 saturated carbocycles. The molecule has 0 radical (unpaired) electrons. The van der Waals surface area contributed by atoms with Crippen molar-refractivity contribution in [1.29, 1.82) is 0 Å². The van der Waals surface area contributed by atoms with E-state index < -0.39 is 0 Å². The van der Waals surface area contributed by atoms with Crippen LogP contribution in [0.2, 0.25) is 0 Å². The number of hydrogen-bond donors (Lipinski definition) is 2. The quantitative estimate of drug-likeness (QED) is 0.397. The van der Waals surface area contributed by atoms with Gasteiger partial charge in [-0.1, -0.05) is 24.3 Å². The molecule has 0 aliphatic carbocycles. The Balaban J connectivity index is 1.34. The number of piperidine rings is 1. The molecule has 1 aliphatic heterocycles. The second-order valence-electron chi connectivity index (χ2n) is 10.3. The number of nitrogen functional groups attached to an aromatic ring is 1. The molecule has 1 aliphatic rings. The van der Waals surface area contributed by atoms with E-state index in [0.717, 1.165) is 50.2 Å². The van der Waals surface area contributed by atoms with Crippen LogP contribution >= 0.6 is 0 Å². The number of anilines is 2. The number of nitrogens with one attached hydrogen (secondary N) is 1. The molecule has 38 heavy (non-hydrogen) atoms. The summed E-state index contributed by atoms with van der Waals surface area (Å²) in [6, 6.07) is 19.7. The molecule has 1 amide bonds. The predicted octanol–water partition coefficient (Wildman–Crippen LogP) is 4.97. The normalized spacial score (nSPS) is 15.2. The number of hydrogen-bond acceptors (Lipinski definition) is 6. The monoisotopic (exact) mass is 515 g/mol. The van der Waals surface area contributed by atoms with E-state index in [1.54, 1.807) is 13.3 Å². The Morgan fingerprint density at radius 1 is 1.11 bits per heavy atom. The first-order chi connectivity index (χ1) is 18.4. The highest BCUT2D eigenvalue weighted by Gasteiger charge is 2.27. The number of rotatable bonds is 10. The predicted molar refractivity (Wildman–Crippen MR) is 155 cm³/mol. The van der Waals surface area contributed by atoms with Gasteiger partial charge in [-0.2, -0.15) is 0 Å². The number of pyridine rings is 1. The summed E-state index contributed by atoms with van der Waals surface area (Å²) in [6.07, 6.45) is 4.71. The summed E-state index contributed by atoms with van der Waals surface area (Å²) in [5.41, 5.74) is 11.2. The van der Waals surface area contributed by atoms with E-state index in [0.29, 0.717) is 24.2 Å². The van der Waals surface area contributed by atoms with Crippen LogP contribution < -0.4 is 20.7 Å². The highest BCUT2D eigenvalue weighted by atomic mass is 16.5. The number of nitrogens with zero attached hydrogens (tertiary/aromatic N) is 3. The molecule has 7 heteroatoms. The molecule has 7 nitrogen and oxygen atoms in total. The van der Waals surface area contributed by atoms with Crippen molar-refractivity contribution in [3.05, 3.63) is 83.0 Å². The van der Waals surface area contributed by atoms with Crippen LogP contribution in [0.25, 0.3) is 0 Å². The fourth-order valence-electron chi connectivity index (χ4n) is 5.35. The number of aromatic nitrogens is 1. The van der Waals surface area contributed by atoms with E-state index in [9.17, 15) is 4.79 Å². The molecule has 202 valence electrons. The van der Waals surface area contributed by atoms with Crippen LogP contribution in [-0.4, -0.2) is 54.6 Å². The smallest absolute Gasteiger partial charge is 0.255 e. The van der Waals surface area contributed by atoms with Gasteiger partial charge >= 0.3 is 0 Å². The maximum absolute atomic E-state index is 12.7. The average molecular weight is 516 g/mol. The number of ether oxygens (including phenoxy) is 1. The van der Waals surface area contributed by atoms with Crippen LogP contribution in [0.4, 0.5) is 11.5 Å². The van der Waals surface area contributed by atoms with Gasteiger partial charge in [-0.05, 0) is 87.1 Å². The topological polar surface area (TPSA) is 83.7 Å². The maximum atomic E-state index is 12.7. The first kappa shape index (κ1) is 27.5. The minimum atomic E-state index is -0.148. The summed E-state index contributed by atoms with van der Waals surface area (Å²) in [4.78, 5) is 21.8. The third kappa shape index (κ3) is 6.64. The largest absolute Gasteiger partial charge is 0.497 e. The zero-order valence-electron chi connectivity index (χ0n) is 23.1. The fraction of sp³-hybridized carbons (Fsp3) is 0.419. The van der Waals surface area contributed by atoms with E-state index in [4.69, 9.17) is 10.5 Å². The molecule has 4 rings (SSSR count).